The van der Waals surface area contributed by atoms with Crippen LogP contribution in [-0.2, 0) is 18.9 Å². The lowest BCUT2D eigenvalue weighted by atomic mass is 10.0. The summed E-state index contributed by atoms with van der Waals surface area (Å²) < 4.78 is 46.2. The van der Waals surface area contributed by atoms with E-state index < -0.39 is 0 Å². The Balaban J connectivity index is 1.31. The molecule has 0 bridgehead atoms. The van der Waals surface area contributed by atoms with Gasteiger partial charge in [0, 0.05) is 17.3 Å². The molecule has 10 nitrogen and oxygen atoms in total. The van der Waals surface area contributed by atoms with Gasteiger partial charge in [0.15, 0.2) is 23.0 Å². The van der Waals surface area contributed by atoms with Crippen LogP contribution in [0.2, 0.25) is 0 Å². The third kappa shape index (κ3) is 11.7. The maximum absolute atomic E-state index is 12.9. The zero-order valence-corrected chi connectivity index (χ0v) is 26.1. The van der Waals surface area contributed by atoms with Gasteiger partial charge in [-0.25, -0.2) is 0 Å². The summed E-state index contributed by atoms with van der Waals surface area (Å²) in [5, 5.41) is 2.94. The van der Waals surface area contributed by atoms with Crippen LogP contribution in [0.15, 0.2) is 72.8 Å². The van der Waals surface area contributed by atoms with E-state index in [-0.39, 0.29) is 12.5 Å². The Labute approximate surface area is 265 Å². The Kier molecular flexibility index (Phi) is 14.5. The number of benzene rings is 3. The molecule has 3 aromatic carbocycles. The normalized spacial score (nSPS) is 16.6. The summed E-state index contributed by atoms with van der Waals surface area (Å²) in [6.45, 7) is 8.62. The highest BCUT2D eigenvalue weighted by molar-refractivity contribution is 6.04. The maximum atomic E-state index is 12.9. The monoisotopic (exact) mass is 621 g/mol. The van der Waals surface area contributed by atoms with E-state index in [1.54, 1.807) is 18.2 Å². The minimum Gasteiger partial charge on any atom is -0.487 e. The molecule has 0 aromatic heterocycles. The van der Waals surface area contributed by atoms with Crippen LogP contribution in [-0.4, -0.2) is 85.2 Å². The minimum absolute atomic E-state index is 0.217. The standard InChI is InChI=1S/C35H43NO9/c1-3-27(2)28-8-10-29(11-9-28)35(37)36-30-12-13-33-34(26-30)45-25-21-41-17-16-39-19-23-43-32-7-5-4-6-31(32)42-22-18-38-14-15-40-20-24-44-33/h3-13,26H,14-25H2,1-2H3,(H,36,37)/b27-3+. The molecular weight excluding hydrogens is 578 g/mol. The number of amides is 1. The smallest absolute Gasteiger partial charge is 0.255 e. The number of carbonyl (C=O) groups is 1. The summed E-state index contributed by atoms with van der Waals surface area (Å²) in [5.41, 5.74) is 3.37. The van der Waals surface area contributed by atoms with Crippen molar-refractivity contribution < 1.29 is 42.7 Å². The highest BCUT2D eigenvalue weighted by atomic mass is 16.6. The first-order valence-electron chi connectivity index (χ1n) is 15.2. The van der Waals surface area contributed by atoms with E-state index in [2.05, 4.69) is 5.32 Å². The lowest BCUT2D eigenvalue weighted by Gasteiger charge is -2.16. The molecule has 0 atom stereocenters. The first-order valence-corrected chi connectivity index (χ1v) is 15.2. The fraction of sp³-hybridized carbons (Fsp3) is 0.400. The first kappa shape index (κ1) is 33.8. The second-order valence-corrected chi connectivity index (χ2v) is 9.95. The van der Waals surface area contributed by atoms with E-state index in [0.717, 1.165) is 11.1 Å². The van der Waals surface area contributed by atoms with E-state index in [1.807, 2.05) is 68.5 Å². The van der Waals surface area contributed by atoms with Crippen molar-refractivity contribution in [2.75, 3.05) is 84.6 Å². The number of hydrogen-bond acceptors (Lipinski definition) is 9. The maximum Gasteiger partial charge on any atom is 0.255 e. The number of anilines is 1. The van der Waals surface area contributed by atoms with Crippen molar-refractivity contribution in [3.8, 4) is 23.0 Å². The van der Waals surface area contributed by atoms with Gasteiger partial charge < -0.3 is 43.2 Å². The van der Waals surface area contributed by atoms with Gasteiger partial charge >= 0.3 is 0 Å². The fourth-order valence-electron chi connectivity index (χ4n) is 4.25. The van der Waals surface area contributed by atoms with Gasteiger partial charge in [-0.05, 0) is 61.4 Å². The van der Waals surface area contributed by atoms with Crippen molar-refractivity contribution in [2.24, 2.45) is 0 Å². The van der Waals surface area contributed by atoms with Crippen molar-refractivity contribution >= 4 is 17.2 Å². The number of hydrogen-bond donors (Lipinski definition) is 1. The Hall–Kier alpha value is -4.09. The van der Waals surface area contributed by atoms with Crippen LogP contribution in [0.4, 0.5) is 5.69 Å². The summed E-state index contributed by atoms with van der Waals surface area (Å²) in [5.74, 6) is 2.12. The first-order chi connectivity index (χ1) is 22.1. The molecule has 0 saturated carbocycles. The minimum atomic E-state index is -0.217. The van der Waals surface area contributed by atoms with Crippen molar-refractivity contribution in [3.63, 3.8) is 0 Å². The number of allylic oxidation sites excluding steroid dienone is 2. The van der Waals surface area contributed by atoms with Crippen LogP contribution in [0.5, 0.6) is 23.0 Å². The number of carbonyl (C=O) groups excluding carboxylic acids is 1. The summed E-state index contributed by atoms with van der Waals surface area (Å²) in [4.78, 5) is 12.9. The Bertz CT molecular complexity index is 1340. The quantitative estimate of drug-likeness (QED) is 0.397. The second kappa shape index (κ2) is 19.3. The molecule has 0 spiro atoms. The molecule has 0 radical (unpaired) electrons. The fourth-order valence-corrected chi connectivity index (χ4v) is 4.25. The van der Waals surface area contributed by atoms with Gasteiger partial charge in [-0.2, -0.15) is 0 Å². The summed E-state index contributed by atoms with van der Waals surface area (Å²) in [6, 6.07) is 20.3. The van der Waals surface area contributed by atoms with E-state index in [1.165, 1.54) is 0 Å². The molecule has 45 heavy (non-hydrogen) atoms. The van der Waals surface area contributed by atoms with Crippen LogP contribution in [0.1, 0.15) is 29.8 Å². The second-order valence-electron chi connectivity index (χ2n) is 9.95. The van der Waals surface area contributed by atoms with Crippen LogP contribution >= 0.6 is 0 Å². The Morgan fingerprint density at radius 3 is 1.47 bits per heavy atom. The average molecular weight is 622 g/mol. The third-order valence-corrected chi connectivity index (χ3v) is 6.77. The molecule has 3 aromatic rings. The third-order valence-electron chi connectivity index (χ3n) is 6.77. The zero-order valence-electron chi connectivity index (χ0n) is 26.1. The summed E-state index contributed by atoms with van der Waals surface area (Å²) in [6.07, 6.45) is 2.04. The van der Waals surface area contributed by atoms with E-state index in [9.17, 15) is 4.79 Å². The zero-order chi connectivity index (χ0) is 31.5. The van der Waals surface area contributed by atoms with Crippen LogP contribution in [0.3, 0.4) is 0 Å². The number of fused-ring (bicyclic) bond motifs is 2. The van der Waals surface area contributed by atoms with Gasteiger partial charge in [-0.3, -0.25) is 4.79 Å². The van der Waals surface area contributed by atoms with Crippen molar-refractivity contribution in [2.45, 2.75) is 13.8 Å². The Morgan fingerprint density at radius 2 is 0.978 bits per heavy atom. The van der Waals surface area contributed by atoms with Gasteiger partial charge in [0.25, 0.3) is 5.91 Å². The van der Waals surface area contributed by atoms with Gasteiger partial charge in [0.05, 0.1) is 52.9 Å². The van der Waals surface area contributed by atoms with Crippen LogP contribution in [0.25, 0.3) is 5.57 Å². The van der Waals surface area contributed by atoms with Crippen LogP contribution in [0, 0.1) is 0 Å². The molecule has 0 saturated heterocycles. The molecule has 0 unspecified atom stereocenters. The number of ether oxygens (including phenoxy) is 8. The molecule has 242 valence electrons. The SMILES string of the molecule is C/C=C(\C)c1ccc(C(=O)Nc2ccc3c(c2)OCCOCCOCCOc2ccccc2OCCOCCOCCO3)cc1. The molecule has 1 aliphatic rings. The molecule has 1 amide bonds. The molecular formula is C35H43NO9. The highest BCUT2D eigenvalue weighted by Crippen LogP contribution is 2.31. The topological polar surface area (TPSA) is 103 Å². The molecule has 0 fully saturated rings. The highest BCUT2D eigenvalue weighted by Gasteiger charge is 2.12. The van der Waals surface area contributed by atoms with Crippen molar-refractivity contribution in [3.05, 3.63) is 83.9 Å². The lowest BCUT2D eigenvalue weighted by molar-refractivity contribution is 0.0223. The predicted molar refractivity (Wildman–Crippen MR) is 172 cm³/mol. The molecule has 1 N–H and O–H groups in total. The van der Waals surface area contributed by atoms with E-state index in [0.29, 0.717) is 107 Å². The van der Waals surface area contributed by atoms with E-state index in [4.69, 9.17) is 37.9 Å². The Morgan fingerprint density at radius 1 is 0.556 bits per heavy atom. The molecule has 4 rings (SSSR count). The predicted octanol–water partition coefficient (Wildman–Crippen LogP) is 5.66. The summed E-state index contributed by atoms with van der Waals surface area (Å²) >= 11 is 0. The van der Waals surface area contributed by atoms with Crippen molar-refractivity contribution in [1.29, 1.82) is 0 Å². The van der Waals surface area contributed by atoms with Gasteiger partial charge in [-0.15, -0.1) is 0 Å². The van der Waals surface area contributed by atoms with Gasteiger partial charge in [-0.1, -0.05) is 30.3 Å². The molecule has 10 heteroatoms. The van der Waals surface area contributed by atoms with Crippen molar-refractivity contribution in [1.82, 2.24) is 0 Å². The number of para-hydroxylation sites is 2. The van der Waals surface area contributed by atoms with Gasteiger partial charge in [0.2, 0.25) is 0 Å². The number of rotatable bonds is 3. The molecule has 1 heterocycles. The summed E-state index contributed by atoms with van der Waals surface area (Å²) in [7, 11) is 0. The average Bonchev–Trinajstić information content (AvgIpc) is 3.07. The number of nitrogens with one attached hydrogen (secondary N) is 1. The van der Waals surface area contributed by atoms with Crippen LogP contribution < -0.4 is 24.3 Å². The van der Waals surface area contributed by atoms with E-state index >= 15 is 0 Å². The molecule has 1 aliphatic heterocycles. The lowest BCUT2D eigenvalue weighted by Crippen LogP contribution is -2.16. The van der Waals surface area contributed by atoms with Gasteiger partial charge in [0.1, 0.15) is 26.4 Å². The largest absolute Gasteiger partial charge is 0.487 e. The molecule has 0 aliphatic carbocycles.